The molecule has 0 aromatic carbocycles. The third kappa shape index (κ3) is 2.45. The Hall–Kier alpha value is -2.13. The quantitative estimate of drug-likeness (QED) is 0.837. The average molecular weight is 274 g/mol. The van der Waals surface area contributed by atoms with E-state index in [-0.39, 0.29) is 0 Å². The molecule has 106 valence electrons. The van der Waals surface area contributed by atoms with E-state index in [9.17, 15) is 0 Å². The molecule has 0 aliphatic carbocycles. The molecule has 0 fully saturated rings. The fraction of sp³-hybridized carbons (Fsp3) is 0.500. The molecule has 2 heterocycles. The number of nitriles is 1. The van der Waals surface area contributed by atoms with E-state index in [4.69, 9.17) is 14.5 Å². The van der Waals surface area contributed by atoms with Crippen molar-refractivity contribution in [3.8, 4) is 17.7 Å². The third-order valence-corrected chi connectivity index (χ3v) is 3.39. The topological polar surface area (TPSA) is 76.9 Å². The Labute approximate surface area is 118 Å². The van der Waals surface area contributed by atoms with Crippen molar-refractivity contribution < 1.29 is 9.26 Å². The number of nitrogens with zero attached hydrogens (tertiary/aromatic N) is 4. The van der Waals surface area contributed by atoms with Crippen molar-refractivity contribution in [2.45, 2.75) is 32.8 Å². The minimum Gasteiger partial charge on any atom is -0.367 e. The van der Waals surface area contributed by atoms with E-state index in [0.29, 0.717) is 23.9 Å². The summed E-state index contributed by atoms with van der Waals surface area (Å²) < 4.78 is 12.8. The van der Waals surface area contributed by atoms with E-state index in [1.54, 1.807) is 16.8 Å². The fourth-order valence-corrected chi connectivity index (χ4v) is 2.02. The summed E-state index contributed by atoms with van der Waals surface area (Å²) >= 11 is 0. The lowest BCUT2D eigenvalue weighted by molar-refractivity contribution is -0.0403. The maximum absolute atomic E-state index is 8.91. The van der Waals surface area contributed by atoms with Gasteiger partial charge in [0.05, 0.1) is 5.56 Å². The van der Waals surface area contributed by atoms with Crippen LogP contribution in [0.1, 0.15) is 38.6 Å². The van der Waals surface area contributed by atoms with Crippen LogP contribution >= 0.6 is 0 Å². The molecular weight excluding hydrogens is 256 g/mol. The molecule has 6 nitrogen and oxygen atoms in total. The minimum absolute atomic E-state index is 0.392. The zero-order chi connectivity index (χ0) is 14.8. The molecule has 0 spiro atoms. The van der Waals surface area contributed by atoms with Crippen LogP contribution in [0.15, 0.2) is 16.8 Å². The first-order valence-corrected chi connectivity index (χ1v) is 6.59. The molecule has 6 heteroatoms. The van der Waals surface area contributed by atoms with Gasteiger partial charge in [-0.3, -0.25) is 0 Å². The molecule has 1 unspecified atom stereocenters. The Bertz CT molecular complexity index is 638. The van der Waals surface area contributed by atoms with Crippen molar-refractivity contribution in [3.63, 3.8) is 0 Å². The molecule has 0 bridgehead atoms. The molecule has 1 atom stereocenters. The molecule has 20 heavy (non-hydrogen) atoms. The number of ether oxygens (including phenoxy) is 1. The van der Waals surface area contributed by atoms with Crippen LogP contribution in [0.4, 0.5) is 0 Å². The van der Waals surface area contributed by atoms with Gasteiger partial charge in [-0.2, -0.15) is 10.2 Å². The molecule has 0 N–H and O–H groups in total. The molecule has 0 aliphatic rings. The van der Waals surface area contributed by atoms with Crippen molar-refractivity contribution in [3.05, 3.63) is 23.7 Å². The van der Waals surface area contributed by atoms with Crippen LogP contribution in [0.5, 0.6) is 0 Å². The fourth-order valence-electron chi connectivity index (χ4n) is 2.02. The lowest BCUT2D eigenvalue weighted by atomic mass is 10.0. The van der Waals surface area contributed by atoms with Gasteiger partial charge in [0.25, 0.3) is 5.89 Å². The van der Waals surface area contributed by atoms with Gasteiger partial charge in [0.1, 0.15) is 17.4 Å². The van der Waals surface area contributed by atoms with Crippen molar-refractivity contribution in [1.82, 2.24) is 14.7 Å². The molecule has 2 rings (SSSR count). The summed E-state index contributed by atoms with van der Waals surface area (Å²) in [5.41, 5.74) is 0.722. The molecular formula is C14H18N4O2. The van der Waals surface area contributed by atoms with Gasteiger partial charge in [-0.05, 0) is 26.3 Å². The summed E-state index contributed by atoms with van der Waals surface area (Å²) in [7, 11) is 1.83. The largest absolute Gasteiger partial charge is 0.367 e. The lowest BCUT2D eigenvalue weighted by Crippen LogP contribution is -2.26. The zero-order valence-corrected chi connectivity index (χ0v) is 12.2. The Morgan fingerprint density at radius 1 is 1.50 bits per heavy atom. The molecule has 0 radical (unpaired) electrons. The van der Waals surface area contributed by atoms with Crippen LogP contribution in [0.3, 0.4) is 0 Å². The monoisotopic (exact) mass is 274 g/mol. The maximum Gasteiger partial charge on any atom is 0.274 e. The Morgan fingerprint density at radius 3 is 2.80 bits per heavy atom. The predicted molar refractivity (Wildman–Crippen MR) is 72.7 cm³/mol. The van der Waals surface area contributed by atoms with Crippen molar-refractivity contribution in [2.75, 3.05) is 6.61 Å². The van der Waals surface area contributed by atoms with Crippen LogP contribution in [-0.2, 0) is 17.4 Å². The lowest BCUT2D eigenvalue weighted by Gasteiger charge is -2.23. The summed E-state index contributed by atoms with van der Waals surface area (Å²) in [6.07, 6.45) is 2.47. The molecule has 0 saturated carbocycles. The summed E-state index contributed by atoms with van der Waals surface area (Å²) in [4.78, 5) is 4.42. The Balaban J connectivity index is 2.38. The van der Waals surface area contributed by atoms with Crippen molar-refractivity contribution in [2.24, 2.45) is 7.05 Å². The highest BCUT2D eigenvalue weighted by Crippen LogP contribution is 2.29. The van der Waals surface area contributed by atoms with Crippen molar-refractivity contribution >= 4 is 0 Å². The van der Waals surface area contributed by atoms with E-state index in [2.05, 4.69) is 16.2 Å². The van der Waals surface area contributed by atoms with Crippen LogP contribution in [0.2, 0.25) is 0 Å². The molecule has 2 aromatic heterocycles. The standard InChI is InChI=1S/C14H18N4O2/c1-5-14(3,19-6-2)13-16-12(20-17-13)11-7-10(8-15)9-18(11)4/h7,9H,5-6H2,1-4H3. The van der Waals surface area contributed by atoms with Crippen LogP contribution in [0, 0.1) is 11.3 Å². The van der Waals surface area contributed by atoms with Gasteiger partial charge in [-0.1, -0.05) is 12.1 Å². The Morgan fingerprint density at radius 2 is 2.25 bits per heavy atom. The normalized spacial score (nSPS) is 13.9. The second-order valence-electron chi connectivity index (χ2n) is 4.78. The number of hydrogen-bond acceptors (Lipinski definition) is 5. The zero-order valence-electron chi connectivity index (χ0n) is 12.2. The van der Waals surface area contributed by atoms with Crippen LogP contribution in [-0.4, -0.2) is 21.3 Å². The predicted octanol–water partition coefficient (Wildman–Crippen LogP) is 2.61. The first-order valence-electron chi connectivity index (χ1n) is 6.59. The minimum atomic E-state index is -0.556. The van der Waals surface area contributed by atoms with E-state index in [1.165, 1.54) is 0 Å². The number of rotatable bonds is 5. The van der Waals surface area contributed by atoms with Gasteiger partial charge >= 0.3 is 0 Å². The summed E-state index contributed by atoms with van der Waals surface area (Å²) in [6.45, 7) is 6.47. The van der Waals surface area contributed by atoms with E-state index in [1.807, 2.05) is 27.8 Å². The average Bonchev–Trinajstić information content (AvgIpc) is 3.05. The molecule has 0 aliphatic heterocycles. The van der Waals surface area contributed by atoms with Gasteiger partial charge < -0.3 is 13.8 Å². The SMILES string of the molecule is CCOC(C)(CC)c1noc(-c2cc(C#N)cn2C)n1. The highest BCUT2D eigenvalue weighted by molar-refractivity contribution is 5.52. The first kappa shape index (κ1) is 14.3. The molecule has 0 amide bonds. The van der Waals surface area contributed by atoms with Gasteiger partial charge in [0, 0.05) is 19.9 Å². The van der Waals surface area contributed by atoms with Crippen LogP contribution in [0.25, 0.3) is 11.6 Å². The maximum atomic E-state index is 8.91. The number of aryl methyl sites for hydroxylation is 1. The molecule has 0 saturated heterocycles. The van der Waals surface area contributed by atoms with Gasteiger partial charge in [-0.25, -0.2) is 0 Å². The first-order chi connectivity index (χ1) is 9.54. The van der Waals surface area contributed by atoms with E-state index in [0.717, 1.165) is 12.1 Å². The third-order valence-electron chi connectivity index (χ3n) is 3.39. The second kappa shape index (κ2) is 5.47. The van der Waals surface area contributed by atoms with Crippen LogP contribution < -0.4 is 0 Å². The summed E-state index contributed by atoms with van der Waals surface area (Å²) in [5, 5.41) is 12.9. The van der Waals surface area contributed by atoms with E-state index >= 15 is 0 Å². The molecule has 2 aromatic rings. The second-order valence-corrected chi connectivity index (χ2v) is 4.78. The summed E-state index contributed by atoms with van der Waals surface area (Å²) in [6, 6.07) is 3.81. The van der Waals surface area contributed by atoms with E-state index < -0.39 is 5.60 Å². The van der Waals surface area contributed by atoms with Crippen molar-refractivity contribution in [1.29, 1.82) is 5.26 Å². The number of aromatic nitrogens is 3. The number of hydrogen-bond donors (Lipinski definition) is 0. The summed E-state index contributed by atoms with van der Waals surface area (Å²) in [5.74, 6) is 0.917. The Kier molecular flexibility index (Phi) is 3.91. The highest BCUT2D eigenvalue weighted by atomic mass is 16.5. The smallest absolute Gasteiger partial charge is 0.274 e. The van der Waals surface area contributed by atoms with Gasteiger partial charge in [-0.15, -0.1) is 0 Å². The highest BCUT2D eigenvalue weighted by Gasteiger charge is 2.31. The van der Waals surface area contributed by atoms with Gasteiger partial charge in [0.15, 0.2) is 0 Å². The van der Waals surface area contributed by atoms with Gasteiger partial charge in [0.2, 0.25) is 5.82 Å².